The summed E-state index contributed by atoms with van der Waals surface area (Å²) in [4.78, 5) is 24.1. The lowest BCUT2D eigenvalue weighted by Crippen LogP contribution is -2.29. The van der Waals surface area contributed by atoms with Crippen LogP contribution in [-0.2, 0) is 4.79 Å². The number of aryl methyl sites for hydroxylation is 1. The highest BCUT2D eigenvalue weighted by atomic mass is 32.1. The van der Waals surface area contributed by atoms with Crippen molar-refractivity contribution in [2.75, 3.05) is 18.4 Å². The lowest BCUT2D eigenvalue weighted by molar-refractivity contribution is -0.125. The predicted octanol–water partition coefficient (Wildman–Crippen LogP) is 4.83. The van der Waals surface area contributed by atoms with Gasteiger partial charge in [0.1, 0.15) is 11.9 Å². The molecule has 0 bridgehead atoms. The first-order valence-corrected chi connectivity index (χ1v) is 11.7. The van der Waals surface area contributed by atoms with E-state index in [0.717, 1.165) is 33.2 Å². The van der Waals surface area contributed by atoms with E-state index >= 15 is 0 Å². The molecule has 3 aromatic heterocycles. The second-order valence-electron chi connectivity index (χ2n) is 8.32. The van der Waals surface area contributed by atoms with Gasteiger partial charge in [-0.1, -0.05) is 19.4 Å². The molecule has 162 valence electrons. The minimum atomic E-state index is -0.0770. The van der Waals surface area contributed by atoms with E-state index < -0.39 is 0 Å². The molecule has 2 fully saturated rings. The standard InChI is InChI=1S/C23H27N5O2S/c1-3-21(29)27-10-8-17(14-27)30-22-18-9-11-28(16-6-4-5-7-16)19(18)12-20(25-22)26-23-24-13-15(2)31-23/h3,9,11-13,16-17H,1,4-8,10,14H2,2H3,(H,24,25,26)/t17-/m1/s1. The molecular formula is C23H27N5O2S. The second-order valence-corrected chi connectivity index (χ2v) is 9.56. The Labute approximate surface area is 185 Å². The summed E-state index contributed by atoms with van der Waals surface area (Å²) in [5, 5.41) is 5.18. The zero-order valence-electron chi connectivity index (χ0n) is 17.7. The highest BCUT2D eigenvalue weighted by molar-refractivity contribution is 7.15. The van der Waals surface area contributed by atoms with Gasteiger partial charge in [-0.15, -0.1) is 11.3 Å². The zero-order chi connectivity index (χ0) is 21.4. The van der Waals surface area contributed by atoms with Crippen LogP contribution in [0.3, 0.4) is 0 Å². The van der Waals surface area contributed by atoms with Crippen molar-refractivity contribution in [1.29, 1.82) is 0 Å². The van der Waals surface area contributed by atoms with E-state index in [1.807, 2.05) is 13.1 Å². The average molecular weight is 438 g/mol. The minimum absolute atomic E-state index is 0.0499. The molecule has 1 amide bonds. The normalized spacial score (nSPS) is 19.3. The number of carbonyl (C=O) groups is 1. The van der Waals surface area contributed by atoms with Gasteiger partial charge in [0.05, 0.1) is 17.4 Å². The van der Waals surface area contributed by atoms with Gasteiger partial charge in [0.2, 0.25) is 11.8 Å². The molecule has 2 aliphatic rings. The van der Waals surface area contributed by atoms with Crippen LogP contribution in [-0.4, -0.2) is 44.5 Å². The van der Waals surface area contributed by atoms with E-state index in [9.17, 15) is 4.79 Å². The van der Waals surface area contributed by atoms with Gasteiger partial charge in [0.15, 0.2) is 5.13 Å². The van der Waals surface area contributed by atoms with E-state index in [4.69, 9.17) is 9.72 Å². The van der Waals surface area contributed by atoms with Crippen LogP contribution in [0.1, 0.15) is 43.0 Å². The van der Waals surface area contributed by atoms with Gasteiger partial charge < -0.3 is 19.5 Å². The monoisotopic (exact) mass is 437 g/mol. The Morgan fingerprint density at radius 3 is 2.94 bits per heavy atom. The maximum absolute atomic E-state index is 12.0. The number of hydrogen-bond acceptors (Lipinski definition) is 6. The quantitative estimate of drug-likeness (QED) is 0.560. The van der Waals surface area contributed by atoms with Crippen molar-refractivity contribution in [1.82, 2.24) is 19.4 Å². The number of aromatic nitrogens is 3. The molecule has 1 saturated carbocycles. The fraction of sp³-hybridized carbons (Fsp3) is 0.435. The molecule has 4 heterocycles. The largest absolute Gasteiger partial charge is 0.472 e. The SMILES string of the molecule is C=CC(=O)N1CC[C@@H](Oc2nc(Nc3ncc(C)s3)cc3c2ccn3C2CCCC2)C1. The fourth-order valence-electron chi connectivity index (χ4n) is 4.61. The van der Waals surface area contributed by atoms with Crippen molar-refractivity contribution in [3.8, 4) is 5.88 Å². The van der Waals surface area contributed by atoms with Crippen molar-refractivity contribution < 1.29 is 9.53 Å². The molecule has 0 unspecified atom stereocenters. The summed E-state index contributed by atoms with van der Waals surface area (Å²) in [6, 6.07) is 4.73. The summed E-state index contributed by atoms with van der Waals surface area (Å²) in [7, 11) is 0. The molecule has 0 spiro atoms. The first-order chi connectivity index (χ1) is 15.1. The molecule has 1 aliphatic carbocycles. The highest BCUT2D eigenvalue weighted by Crippen LogP contribution is 2.37. The first-order valence-electron chi connectivity index (χ1n) is 10.9. The summed E-state index contributed by atoms with van der Waals surface area (Å²) < 4.78 is 8.74. The van der Waals surface area contributed by atoms with Gasteiger partial charge in [-0.2, -0.15) is 4.98 Å². The van der Waals surface area contributed by atoms with Gasteiger partial charge in [-0.05, 0) is 31.9 Å². The number of nitrogens with zero attached hydrogens (tertiary/aromatic N) is 4. The smallest absolute Gasteiger partial charge is 0.246 e. The van der Waals surface area contributed by atoms with Crippen molar-refractivity contribution >= 4 is 39.1 Å². The number of rotatable bonds is 6. The Hall–Kier alpha value is -2.87. The number of nitrogens with one attached hydrogen (secondary N) is 1. The third kappa shape index (κ3) is 4.04. The number of amides is 1. The van der Waals surface area contributed by atoms with E-state index in [1.165, 1.54) is 31.8 Å². The van der Waals surface area contributed by atoms with Crippen LogP contribution in [0.5, 0.6) is 5.88 Å². The van der Waals surface area contributed by atoms with Gasteiger partial charge in [-0.25, -0.2) is 4.98 Å². The number of thiazole rings is 1. The number of anilines is 2. The van der Waals surface area contributed by atoms with Crippen LogP contribution in [0, 0.1) is 6.92 Å². The fourth-order valence-corrected chi connectivity index (χ4v) is 5.28. The summed E-state index contributed by atoms with van der Waals surface area (Å²) in [5.41, 5.74) is 1.13. The Balaban J connectivity index is 1.48. The van der Waals surface area contributed by atoms with Crippen LogP contribution < -0.4 is 10.1 Å². The van der Waals surface area contributed by atoms with E-state index in [0.29, 0.717) is 25.0 Å². The number of pyridine rings is 1. The first kappa shape index (κ1) is 20.1. The van der Waals surface area contributed by atoms with Crippen molar-refractivity contribution in [3.63, 3.8) is 0 Å². The Morgan fingerprint density at radius 2 is 2.19 bits per heavy atom. The van der Waals surface area contributed by atoms with E-state index in [1.54, 1.807) is 16.2 Å². The summed E-state index contributed by atoms with van der Waals surface area (Å²) in [5.74, 6) is 1.29. The topological polar surface area (TPSA) is 72.3 Å². The number of ether oxygens (including phenoxy) is 1. The Kier molecular flexibility index (Phi) is 5.40. The molecule has 31 heavy (non-hydrogen) atoms. The van der Waals surface area contributed by atoms with E-state index in [-0.39, 0.29) is 12.0 Å². The highest BCUT2D eigenvalue weighted by Gasteiger charge is 2.28. The van der Waals surface area contributed by atoms with Gasteiger partial charge >= 0.3 is 0 Å². The number of carbonyl (C=O) groups excluding carboxylic acids is 1. The van der Waals surface area contributed by atoms with Crippen molar-refractivity contribution in [2.45, 2.75) is 51.2 Å². The molecule has 1 N–H and O–H groups in total. The predicted molar refractivity (Wildman–Crippen MR) is 123 cm³/mol. The van der Waals surface area contributed by atoms with Crippen LogP contribution in [0.15, 0.2) is 37.2 Å². The maximum atomic E-state index is 12.0. The van der Waals surface area contributed by atoms with Crippen molar-refractivity contribution in [2.24, 2.45) is 0 Å². The maximum Gasteiger partial charge on any atom is 0.246 e. The van der Waals surface area contributed by atoms with Crippen molar-refractivity contribution in [3.05, 3.63) is 42.1 Å². The van der Waals surface area contributed by atoms with Crippen LogP contribution in [0.2, 0.25) is 0 Å². The molecular weight excluding hydrogens is 410 g/mol. The van der Waals surface area contributed by atoms with Crippen LogP contribution in [0.4, 0.5) is 10.9 Å². The molecule has 1 atom stereocenters. The summed E-state index contributed by atoms with van der Waals surface area (Å²) in [6.07, 6.45) is 11.1. The Bertz CT molecular complexity index is 1110. The zero-order valence-corrected chi connectivity index (χ0v) is 18.5. The molecule has 8 heteroatoms. The summed E-state index contributed by atoms with van der Waals surface area (Å²) in [6.45, 7) is 6.86. The average Bonchev–Trinajstić information content (AvgIpc) is 3.54. The molecule has 1 saturated heterocycles. The van der Waals surface area contributed by atoms with Gasteiger partial charge in [0, 0.05) is 42.3 Å². The molecule has 0 radical (unpaired) electrons. The molecule has 3 aromatic rings. The third-order valence-electron chi connectivity index (χ3n) is 6.17. The lowest BCUT2D eigenvalue weighted by Gasteiger charge is -2.18. The number of likely N-dealkylation sites (tertiary alicyclic amines) is 1. The number of hydrogen-bond donors (Lipinski definition) is 1. The summed E-state index contributed by atoms with van der Waals surface area (Å²) >= 11 is 1.60. The second kappa shape index (κ2) is 8.34. The van der Waals surface area contributed by atoms with Crippen LogP contribution >= 0.6 is 11.3 Å². The molecule has 0 aromatic carbocycles. The lowest BCUT2D eigenvalue weighted by atomic mass is 10.2. The van der Waals surface area contributed by atoms with Crippen LogP contribution in [0.25, 0.3) is 10.9 Å². The number of fused-ring (bicyclic) bond motifs is 1. The van der Waals surface area contributed by atoms with Gasteiger partial charge in [-0.3, -0.25) is 4.79 Å². The molecule has 1 aliphatic heterocycles. The third-order valence-corrected chi connectivity index (χ3v) is 6.99. The molecule has 5 rings (SSSR count). The Morgan fingerprint density at radius 1 is 1.35 bits per heavy atom. The van der Waals surface area contributed by atoms with E-state index in [2.05, 4.69) is 39.8 Å². The van der Waals surface area contributed by atoms with Gasteiger partial charge in [0.25, 0.3) is 0 Å². The minimum Gasteiger partial charge on any atom is -0.472 e. The molecule has 7 nitrogen and oxygen atoms in total.